The Morgan fingerprint density at radius 3 is 2.37 bits per heavy atom. The Labute approximate surface area is 206 Å². The smallest absolute Gasteiger partial charge is 0.137 e. The van der Waals surface area contributed by atoms with Gasteiger partial charge < -0.3 is 4.42 Å². The molecule has 35 heavy (non-hydrogen) atoms. The molecule has 0 aliphatic heterocycles. The Kier molecular flexibility index (Phi) is 4.51. The van der Waals surface area contributed by atoms with Gasteiger partial charge in [-0.2, -0.15) is 0 Å². The molecule has 3 nitrogen and oxygen atoms in total. The SMILES string of the molecule is Clc1ccc2oc3cccc(-c4cccc(-c5nc6ccccn6c5-c5ccccc5)c4)c3c2c1. The van der Waals surface area contributed by atoms with E-state index in [1.54, 1.807) is 0 Å². The summed E-state index contributed by atoms with van der Waals surface area (Å²) in [6.07, 6.45) is 2.07. The Balaban J connectivity index is 1.47. The predicted molar refractivity (Wildman–Crippen MR) is 144 cm³/mol. The monoisotopic (exact) mass is 470 g/mol. The van der Waals surface area contributed by atoms with Crippen LogP contribution in [0.25, 0.3) is 61.2 Å². The summed E-state index contributed by atoms with van der Waals surface area (Å²) in [5.74, 6) is 0. The van der Waals surface area contributed by atoms with Gasteiger partial charge in [-0.1, -0.05) is 78.3 Å². The summed E-state index contributed by atoms with van der Waals surface area (Å²) in [5.41, 5.74) is 9.04. The van der Waals surface area contributed by atoms with E-state index in [9.17, 15) is 0 Å². The second kappa shape index (κ2) is 7.86. The normalized spacial score (nSPS) is 11.6. The summed E-state index contributed by atoms with van der Waals surface area (Å²) in [5, 5.41) is 2.78. The van der Waals surface area contributed by atoms with Gasteiger partial charge in [-0.25, -0.2) is 4.98 Å². The molecule has 0 bridgehead atoms. The molecule has 3 heterocycles. The topological polar surface area (TPSA) is 30.4 Å². The predicted octanol–water partition coefficient (Wildman–Crippen LogP) is 8.89. The van der Waals surface area contributed by atoms with Crippen LogP contribution < -0.4 is 0 Å². The molecule has 4 aromatic carbocycles. The maximum Gasteiger partial charge on any atom is 0.137 e. The van der Waals surface area contributed by atoms with Crippen molar-refractivity contribution in [3.63, 3.8) is 0 Å². The maximum atomic E-state index is 6.34. The van der Waals surface area contributed by atoms with Crippen molar-refractivity contribution < 1.29 is 4.42 Å². The lowest BCUT2D eigenvalue weighted by atomic mass is 9.96. The summed E-state index contributed by atoms with van der Waals surface area (Å²) in [7, 11) is 0. The highest BCUT2D eigenvalue weighted by Crippen LogP contribution is 2.39. The van der Waals surface area contributed by atoms with Crippen LogP contribution in [0, 0.1) is 0 Å². The first-order valence-electron chi connectivity index (χ1n) is 11.5. The molecule has 0 aliphatic carbocycles. The maximum absolute atomic E-state index is 6.34. The largest absolute Gasteiger partial charge is 0.456 e. The number of hydrogen-bond donors (Lipinski definition) is 0. The van der Waals surface area contributed by atoms with Gasteiger partial charge in [0, 0.05) is 33.1 Å². The van der Waals surface area contributed by atoms with Crippen molar-refractivity contribution in [1.29, 1.82) is 0 Å². The first kappa shape index (κ1) is 20.1. The number of hydrogen-bond acceptors (Lipinski definition) is 2. The van der Waals surface area contributed by atoms with Crippen LogP contribution in [0.4, 0.5) is 0 Å². The molecule has 0 spiro atoms. The fraction of sp³-hybridized carbons (Fsp3) is 0. The van der Waals surface area contributed by atoms with E-state index >= 15 is 0 Å². The van der Waals surface area contributed by atoms with Gasteiger partial charge in [0.05, 0.1) is 11.4 Å². The fourth-order valence-electron chi connectivity index (χ4n) is 4.94. The number of benzene rings is 4. The number of halogens is 1. The summed E-state index contributed by atoms with van der Waals surface area (Å²) in [4.78, 5) is 5.03. The first-order valence-corrected chi connectivity index (χ1v) is 11.9. The average Bonchev–Trinajstić information content (AvgIpc) is 3.48. The lowest BCUT2D eigenvalue weighted by molar-refractivity contribution is 0.669. The third kappa shape index (κ3) is 3.24. The lowest BCUT2D eigenvalue weighted by Crippen LogP contribution is -1.89. The summed E-state index contributed by atoms with van der Waals surface area (Å²) >= 11 is 6.34. The number of rotatable bonds is 3. The molecule has 7 rings (SSSR count). The van der Waals surface area contributed by atoms with Crippen LogP contribution in [-0.2, 0) is 0 Å². The highest BCUT2D eigenvalue weighted by Gasteiger charge is 2.17. The van der Waals surface area contributed by atoms with Crippen molar-refractivity contribution in [3.05, 3.63) is 120 Å². The van der Waals surface area contributed by atoms with Crippen LogP contribution >= 0.6 is 11.6 Å². The summed E-state index contributed by atoms with van der Waals surface area (Å²) in [6, 6.07) is 37.1. The minimum absolute atomic E-state index is 0.695. The quantitative estimate of drug-likeness (QED) is 0.258. The van der Waals surface area contributed by atoms with Crippen molar-refractivity contribution in [2.75, 3.05) is 0 Å². The van der Waals surface area contributed by atoms with Crippen molar-refractivity contribution in [2.24, 2.45) is 0 Å². The summed E-state index contributed by atoms with van der Waals surface area (Å²) in [6.45, 7) is 0. The third-order valence-corrected chi connectivity index (χ3v) is 6.72. The Bertz CT molecular complexity index is 1860. The van der Waals surface area contributed by atoms with Gasteiger partial charge in [-0.3, -0.25) is 4.40 Å². The van der Waals surface area contributed by atoms with E-state index < -0.39 is 0 Å². The number of imidazole rings is 1. The summed E-state index contributed by atoms with van der Waals surface area (Å²) < 4.78 is 8.28. The highest BCUT2D eigenvalue weighted by molar-refractivity contribution is 6.32. The third-order valence-electron chi connectivity index (χ3n) is 6.48. The number of nitrogens with zero attached hydrogens (tertiary/aromatic N) is 2. The van der Waals surface area contributed by atoms with Gasteiger partial charge in [0.25, 0.3) is 0 Å². The lowest BCUT2D eigenvalue weighted by Gasteiger charge is -2.09. The van der Waals surface area contributed by atoms with E-state index in [2.05, 4.69) is 65.2 Å². The van der Waals surface area contributed by atoms with Gasteiger partial charge in [-0.05, 0) is 53.6 Å². The molecule has 4 heteroatoms. The van der Waals surface area contributed by atoms with Gasteiger partial charge in [-0.15, -0.1) is 0 Å². The van der Waals surface area contributed by atoms with E-state index in [1.165, 1.54) is 0 Å². The molecule has 0 amide bonds. The number of fused-ring (bicyclic) bond motifs is 4. The van der Waals surface area contributed by atoms with Crippen LogP contribution in [0.3, 0.4) is 0 Å². The Morgan fingerprint density at radius 1 is 0.657 bits per heavy atom. The Hall–Kier alpha value is -4.34. The minimum atomic E-state index is 0.695. The molecule has 0 aliphatic rings. The highest BCUT2D eigenvalue weighted by atomic mass is 35.5. The standard InChI is InChI=1S/C31H19ClN2O/c32-23-15-16-26-25(19-23)29-24(12-7-13-27(29)35-26)21-10-6-11-22(18-21)30-31(20-8-2-1-3-9-20)34-17-5-4-14-28(34)33-30/h1-19H. The van der Waals surface area contributed by atoms with Crippen molar-refractivity contribution in [2.45, 2.75) is 0 Å². The molecule has 0 saturated heterocycles. The van der Waals surface area contributed by atoms with Crippen LogP contribution in [0.1, 0.15) is 0 Å². The number of aromatic nitrogens is 2. The van der Waals surface area contributed by atoms with E-state index in [1.807, 2.05) is 54.6 Å². The molecule has 0 fully saturated rings. The van der Waals surface area contributed by atoms with Gasteiger partial charge in [0.1, 0.15) is 16.8 Å². The molecular weight excluding hydrogens is 452 g/mol. The zero-order chi connectivity index (χ0) is 23.4. The van der Waals surface area contributed by atoms with E-state index in [-0.39, 0.29) is 0 Å². The molecular formula is C31H19ClN2O. The van der Waals surface area contributed by atoms with E-state index in [4.69, 9.17) is 21.0 Å². The molecule has 0 N–H and O–H groups in total. The Morgan fingerprint density at radius 2 is 1.46 bits per heavy atom. The van der Waals surface area contributed by atoms with Gasteiger partial charge >= 0.3 is 0 Å². The molecule has 0 saturated carbocycles. The fourth-order valence-corrected chi connectivity index (χ4v) is 5.11. The average molecular weight is 471 g/mol. The minimum Gasteiger partial charge on any atom is -0.456 e. The van der Waals surface area contributed by atoms with E-state index in [0.29, 0.717) is 5.02 Å². The van der Waals surface area contributed by atoms with E-state index in [0.717, 1.165) is 61.2 Å². The van der Waals surface area contributed by atoms with Gasteiger partial charge in [0.2, 0.25) is 0 Å². The van der Waals surface area contributed by atoms with Crippen LogP contribution in [0.5, 0.6) is 0 Å². The van der Waals surface area contributed by atoms with Crippen LogP contribution in [0.2, 0.25) is 5.02 Å². The molecule has 0 atom stereocenters. The number of pyridine rings is 1. The van der Waals surface area contributed by atoms with Crippen molar-refractivity contribution in [1.82, 2.24) is 9.38 Å². The zero-order valence-corrected chi connectivity index (χ0v) is 19.4. The molecule has 7 aromatic rings. The number of furan rings is 1. The second-order valence-electron chi connectivity index (χ2n) is 8.61. The zero-order valence-electron chi connectivity index (χ0n) is 18.7. The molecule has 0 unspecified atom stereocenters. The van der Waals surface area contributed by atoms with Crippen LogP contribution in [0.15, 0.2) is 120 Å². The first-order chi connectivity index (χ1) is 17.3. The van der Waals surface area contributed by atoms with Crippen molar-refractivity contribution >= 4 is 39.2 Å². The van der Waals surface area contributed by atoms with Crippen molar-refractivity contribution in [3.8, 4) is 33.6 Å². The van der Waals surface area contributed by atoms with Gasteiger partial charge in [0.15, 0.2) is 0 Å². The molecule has 3 aromatic heterocycles. The van der Waals surface area contributed by atoms with Crippen LogP contribution in [-0.4, -0.2) is 9.38 Å². The second-order valence-corrected chi connectivity index (χ2v) is 9.04. The molecule has 166 valence electrons. The molecule has 0 radical (unpaired) electrons.